The van der Waals surface area contributed by atoms with Gasteiger partial charge in [0.25, 0.3) is 0 Å². The highest BCUT2D eigenvalue weighted by atomic mass is 16.7. The number of carbonyl (C=O) groups excluding carboxylic acids is 2. The van der Waals surface area contributed by atoms with Gasteiger partial charge in [-0.2, -0.15) is 0 Å². The van der Waals surface area contributed by atoms with Crippen LogP contribution in [0.5, 0.6) is 0 Å². The standard InChI is InChI=1S/C16H21NO7/c1-8(18)7-10-5-3-4-6-11(10)17-16(22)24-15-14(21)13(20)12(19)9(2)23-15/h3-6,9,12-15,19-21H,7H2,1-2H3,(H,17,22). The fourth-order valence-corrected chi connectivity index (χ4v) is 2.42. The van der Waals surface area contributed by atoms with E-state index >= 15 is 0 Å². The van der Waals surface area contributed by atoms with E-state index in [1.54, 1.807) is 24.3 Å². The van der Waals surface area contributed by atoms with Crippen molar-refractivity contribution in [1.29, 1.82) is 0 Å². The molecule has 0 spiro atoms. The zero-order valence-electron chi connectivity index (χ0n) is 13.4. The van der Waals surface area contributed by atoms with Crippen LogP contribution in [-0.4, -0.2) is 57.9 Å². The third-order valence-corrected chi connectivity index (χ3v) is 3.73. The predicted molar refractivity (Wildman–Crippen MR) is 83.3 cm³/mol. The minimum Gasteiger partial charge on any atom is -0.416 e. The number of para-hydroxylation sites is 1. The van der Waals surface area contributed by atoms with Crippen LogP contribution in [0.2, 0.25) is 0 Å². The van der Waals surface area contributed by atoms with E-state index in [0.29, 0.717) is 11.3 Å². The molecule has 1 aliphatic heterocycles. The first kappa shape index (κ1) is 18.3. The van der Waals surface area contributed by atoms with Gasteiger partial charge < -0.3 is 24.8 Å². The van der Waals surface area contributed by atoms with Crippen LogP contribution < -0.4 is 5.32 Å². The first-order valence-corrected chi connectivity index (χ1v) is 7.54. The quantitative estimate of drug-likeness (QED) is 0.617. The number of ether oxygens (including phenoxy) is 2. The van der Waals surface area contributed by atoms with Gasteiger partial charge in [-0.1, -0.05) is 18.2 Å². The van der Waals surface area contributed by atoms with E-state index in [-0.39, 0.29) is 12.2 Å². The Morgan fingerprint density at radius 1 is 1.17 bits per heavy atom. The molecule has 1 aromatic carbocycles. The van der Waals surface area contributed by atoms with Crippen molar-refractivity contribution in [3.8, 4) is 0 Å². The van der Waals surface area contributed by atoms with E-state index in [9.17, 15) is 24.9 Å². The number of benzene rings is 1. The van der Waals surface area contributed by atoms with Crippen molar-refractivity contribution in [2.75, 3.05) is 5.32 Å². The van der Waals surface area contributed by atoms with Crippen LogP contribution in [0.4, 0.5) is 10.5 Å². The molecule has 24 heavy (non-hydrogen) atoms. The maximum absolute atomic E-state index is 12.0. The van der Waals surface area contributed by atoms with Crippen molar-refractivity contribution in [3.63, 3.8) is 0 Å². The lowest BCUT2D eigenvalue weighted by Gasteiger charge is -2.38. The summed E-state index contributed by atoms with van der Waals surface area (Å²) in [6, 6.07) is 6.74. The second-order valence-electron chi connectivity index (χ2n) is 5.75. The molecule has 5 atom stereocenters. The molecular formula is C16H21NO7. The zero-order valence-corrected chi connectivity index (χ0v) is 13.4. The molecule has 8 nitrogen and oxygen atoms in total. The minimum atomic E-state index is -1.57. The average Bonchev–Trinajstić information content (AvgIpc) is 2.52. The maximum atomic E-state index is 12.0. The van der Waals surface area contributed by atoms with Crippen LogP contribution >= 0.6 is 0 Å². The molecule has 1 fully saturated rings. The number of rotatable bonds is 4. The summed E-state index contributed by atoms with van der Waals surface area (Å²) in [5.41, 5.74) is 1.02. The molecule has 5 unspecified atom stereocenters. The molecule has 0 bridgehead atoms. The van der Waals surface area contributed by atoms with Gasteiger partial charge in [-0.15, -0.1) is 0 Å². The molecule has 4 N–H and O–H groups in total. The molecule has 1 heterocycles. The van der Waals surface area contributed by atoms with Crippen LogP contribution in [0.15, 0.2) is 24.3 Å². The number of ketones is 1. The summed E-state index contributed by atoms with van der Waals surface area (Å²) in [5, 5.41) is 31.6. The summed E-state index contributed by atoms with van der Waals surface area (Å²) < 4.78 is 10.2. The van der Waals surface area contributed by atoms with Gasteiger partial charge >= 0.3 is 6.09 Å². The summed E-state index contributed by atoms with van der Waals surface area (Å²) in [4.78, 5) is 23.3. The van der Waals surface area contributed by atoms with Gasteiger partial charge in [0.15, 0.2) is 0 Å². The third kappa shape index (κ3) is 4.30. The molecule has 1 saturated heterocycles. The lowest BCUT2D eigenvalue weighted by molar-refractivity contribution is -0.275. The maximum Gasteiger partial charge on any atom is 0.414 e. The molecule has 0 saturated carbocycles. The topological polar surface area (TPSA) is 125 Å². The third-order valence-electron chi connectivity index (χ3n) is 3.73. The molecule has 8 heteroatoms. The Morgan fingerprint density at radius 2 is 1.83 bits per heavy atom. The van der Waals surface area contributed by atoms with E-state index in [1.807, 2.05) is 0 Å². The molecule has 1 amide bonds. The fraction of sp³-hybridized carbons (Fsp3) is 0.500. The second-order valence-corrected chi connectivity index (χ2v) is 5.75. The lowest BCUT2D eigenvalue weighted by atomic mass is 10.0. The van der Waals surface area contributed by atoms with Crippen LogP contribution in [0.1, 0.15) is 19.4 Å². The molecule has 0 radical (unpaired) electrons. The summed E-state index contributed by atoms with van der Waals surface area (Å²) in [7, 11) is 0. The molecule has 0 aromatic heterocycles. The molecule has 132 valence electrons. The summed E-state index contributed by atoms with van der Waals surface area (Å²) in [6.07, 6.45) is -7.33. The fourth-order valence-electron chi connectivity index (χ4n) is 2.42. The Balaban J connectivity index is 2.02. The van der Waals surface area contributed by atoms with Crippen molar-refractivity contribution in [1.82, 2.24) is 0 Å². The first-order valence-electron chi connectivity index (χ1n) is 7.54. The Labute approximate surface area is 139 Å². The molecule has 0 aliphatic carbocycles. The van der Waals surface area contributed by atoms with Gasteiger partial charge in [-0.05, 0) is 25.5 Å². The van der Waals surface area contributed by atoms with Gasteiger partial charge in [0, 0.05) is 12.1 Å². The normalized spacial score (nSPS) is 29.8. The van der Waals surface area contributed by atoms with Crippen LogP contribution in [0.3, 0.4) is 0 Å². The summed E-state index contributed by atoms with van der Waals surface area (Å²) in [6.45, 7) is 2.92. The predicted octanol–water partition coefficient (Wildman–Crippen LogP) is 0.194. The van der Waals surface area contributed by atoms with Gasteiger partial charge in [-0.25, -0.2) is 4.79 Å². The van der Waals surface area contributed by atoms with E-state index in [1.165, 1.54) is 13.8 Å². The van der Waals surface area contributed by atoms with Crippen molar-refractivity contribution >= 4 is 17.6 Å². The summed E-state index contributed by atoms with van der Waals surface area (Å²) >= 11 is 0. The molecule has 1 aromatic rings. The van der Waals surface area contributed by atoms with E-state index in [2.05, 4.69) is 5.32 Å². The highest BCUT2D eigenvalue weighted by Crippen LogP contribution is 2.23. The number of anilines is 1. The Morgan fingerprint density at radius 3 is 2.50 bits per heavy atom. The smallest absolute Gasteiger partial charge is 0.414 e. The number of hydrogen-bond donors (Lipinski definition) is 4. The van der Waals surface area contributed by atoms with Gasteiger partial charge in [0.05, 0.1) is 6.10 Å². The van der Waals surface area contributed by atoms with Crippen LogP contribution in [0.25, 0.3) is 0 Å². The van der Waals surface area contributed by atoms with Crippen molar-refractivity contribution in [2.24, 2.45) is 0 Å². The van der Waals surface area contributed by atoms with Crippen LogP contribution in [0, 0.1) is 0 Å². The minimum absolute atomic E-state index is 0.0606. The van der Waals surface area contributed by atoms with E-state index in [0.717, 1.165) is 0 Å². The molecule has 1 aliphatic rings. The molecular weight excluding hydrogens is 318 g/mol. The Kier molecular flexibility index (Phi) is 5.89. The highest BCUT2D eigenvalue weighted by molar-refractivity contribution is 5.88. The van der Waals surface area contributed by atoms with Gasteiger partial charge in [-0.3, -0.25) is 10.1 Å². The number of hydrogen-bond acceptors (Lipinski definition) is 7. The zero-order chi connectivity index (χ0) is 17.9. The number of amides is 1. The van der Waals surface area contributed by atoms with Gasteiger partial charge in [0.1, 0.15) is 24.1 Å². The van der Waals surface area contributed by atoms with Crippen molar-refractivity contribution < 1.29 is 34.4 Å². The first-order chi connectivity index (χ1) is 11.3. The molecule has 2 rings (SSSR count). The van der Waals surface area contributed by atoms with Crippen molar-refractivity contribution in [2.45, 2.75) is 51.0 Å². The monoisotopic (exact) mass is 339 g/mol. The van der Waals surface area contributed by atoms with Gasteiger partial charge in [0.2, 0.25) is 6.29 Å². The largest absolute Gasteiger partial charge is 0.416 e. The Bertz CT molecular complexity index is 606. The van der Waals surface area contributed by atoms with Crippen LogP contribution in [-0.2, 0) is 20.7 Å². The lowest BCUT2D eigenvalue weighted by Crippen LogP contribution is -2.57. The SMILES string of the molecule is CC(=O)Cc1ccccc1NC(=O)OC1OC(C)C(O)C(O)C1O. The number of carbonyl (C=O) groups is 2. The number of aliphatic hydroxyl groups is 3. The Hall–Kier alpha value is -2.00. The number of aliphatic hydroxyl groups excluding tert-OH is 3. The van der Waals surface area contributed by atoms with E-state index in [4.69, 9.17) is 9.47 Å². The highest BCUT2D eigenvalue weighted by Gasteiger charge is 2.43. The summed E-state index contributed by atoms with van der Waals surface area (Å²) in [5.74, 6) is -0.0606. The average molecular weight is 339 g/mol. The number of Topliss-reactive ketones (excluding diaryl/α,β-unsaturated/α-hetero) is 1. The second kappa shape index (κ2) is 7.71. The van der Waals surface area contributed by atoms with E-state index < -0.39 is 36.8 Å². The van der Waals surface area contributed by atoms with Crippen molar-refractivity contribution in [3.05, 3.63) is 29.8 Å². The number of nitrogens with one attached hydrogen (secondary N) is 1.